The maximum Gasteiger partial charge on any atom is 0.269 e. The van der Waals surface area contributed by atoms with E-state index in [1.807, 2.05) is 0 Å². The summed E-state index contributed by atoms with van der Waals surface area (Å²) in [6.07, 6.45) is 0. The number of nitrogen functional groups attached to an aromatic ring is 1. The monoisotopic (exact) mass is 187 g/mol. The van der Waals surface area contributed by atoms with Crippen LogP contribution in [0.3, 0.4) is 0 Å². The summed E-state index contributed by atoms with van der Waals surface area (Å²) in [6, 6.07) is 5.08. The smallest absolute Gasteiger partial charge is 0.269 e. The molecule has 68 valence electrons. The molecule has 0 bridgehead atoms. The van der Waals surface area contributed by atoms with Crippen molar-refractivity contribution in [3.63, 3.8) is 0 Å². The topological polar surface area (TPSA) is 73.3 Å². The molecule has 0 saturated heterocycles. The Hall–Kier alpha value is -2.10. The van der Waals surface area contributed by atoms with Crippen LogP contribution in [0.1, 0.15) is 0 Å². The molecule has 0 saturated carbocycles. The van der Waals surface area contributed by atoms with Crippen LogP contribution in [0.4, 0.5) is 5.69 Å². The summed E-state index contributed by atoms with van der Waals surface area (Å²) < 4.78 is 5.20. The molecule has 4 heteroatoms. The molecule has 0 spiro atoms. The summed E-state index contributed by atoms with van der Waals surface area (Å²) in [7, 11) is 0. The minimum absolute atomic E-state index is 0.142. The zero-order valence-electron chi connectivity index (χ0n) is 7.03. The van der Waals surface area contributed by atoms with Crippen molar-refractivity contribution in [3.8, 4) is 0 Å². The van der Waals surface area contributed by atoms with E-state index in [1.54, 1.807) is 18.2 Å². The second kappa shape index (κ2) is 2.04. The maximum atomic E-state index is 11.2. The molecule has 0 atom stereocenters. The van der Waals surface area contributed by atoms with Gasteiger partial charge in [0.15, 0.2) is 5.58 Å². The highest BCUT2D eigenvalue weighted by molar-refractivity contribution is 6.12. The van der Waals surface area contributed by atoms with E-state index in [4.69, 9.17) is 10.2 Å². The number of nitrogens with two attached hydrogens (primary N) is 1. The lowest BCUT2D eigenvalue weighted by molar-refractivity contribution is 0.662. The molecule has 3 aromatic rings. The van der Waals surface area contributed by atoms with Gasteiger partial charge in [-0.1, -0.05) is 6.07 Å². The molecule has 0 aliphatic rings. The summed E-state index contributed by atoms with van der Waals surface area (Å²) in [6.45, 7) is 0. The second-order valence-electron chi connectivity index (χ2n) is 3.18. The van der Waals surface area contributed by atoms with Crippen LogP contribution in [0, 0.1) is 0 Å². The predicted molar refractivity (Wildman–Crippen MR) is 53.0 cm³/mol. The van der Waals surface area contributed by atoms with Crippen molar-refractivity contribution in [3.05, 3.63) is 38.6 Å². The van der Waals surface area contributed by atoms with Gasteiger partial charge in [-0.3, -0.25) is 9.59 Å². The van der Waals surface area contributed by atoms with E-state index in [2.05, 4.69) is 0 Å². The zero-order chi connectivity index (χ0) is 9.87. The normalized spacial score (nSPS) is 11.7. The van der Waals surface area contributed by atoms with Gasteiger partial charge in [-0.15, -0.1) is 0 Å². The quantitative estimate of drug-likeness (QED) is 0.416. The van der Waals surface area contributed by atoms with Crippen LogP contribution in [0.15, 0.2) is 32.2 Å². The van der Waals surface area contributed by atoms with Crippen molar-refractivity contribution in [2.45, 2.75) is 0 Å². The first-order valence-electron chi connectivity index (χ1n) is 4.10. The largest absolute Gasteiger partial charge is 0.452 e. The molecule has 3 rings (SSSR count). The van der Waals surface area contributed by atoms with E-state index in [1.165, 1.54) is 0 Å². The Morgan fingerprint density at radius 2 is 1.86 bits per heavy atom. The molecule has 0 aliphatic heterocycles. The Kier molecular flexibility index (Phi) is 1.06. The van der Waals surface area contributed by atoms with Crippen LogP contribution in [0.2, 0.25) is 0 Å². The highest BCUT2D eigenvalue weighted by Gasteiger charge is 2.21. The first kappa shape index (κ1) is 7.32. The van der Waals surface area contributed by atoms with E-state index in [-0.39, 0.29) is 5.58 Å². The SMILES string of the molecule is Nc1cccc2oc3c(=O)c(=O)c3c12. The van der Waals surface area contributed by atoms with Crippen LogP contribution in [-0.2, 0) is 0 Å². The van der Waals surface area contributed by atoms with Crippen molar-refractivity contribution in [2.75, 3.05) is 5.73 Å². The number of hydrogen-bond acceptors (Lipinski definition) is 4. The molecular formula is C10H5NO3. The molecule has 1 aromatic heterocycles. The first-order valence-corrected chi connectivity index (χ1v) is 4.10. The zero-order valence-corrected chi connectivity index (χ0v) is 7.03. The number of fused-ring (bicyclic) bond motifs is 3. The van der Waals surface area contributed by atoms with Crippen molar-refractivity contribution in [2.24, 2.45) is 0 Å². The third-order valence-corrected chi connectivity index (χ3v) is 2.39. The van der Waals surface area contributed by atoms with Gasteiger partial charge in [-0.05, 0) is 12.1 Å². The number of furan rings is 1. The molecule has 0 radical (unpaired) electrons. The van der Waals surface area contributed by atoms with Gasteiger partial charge in [0.1, 0.15) is 5.58 Å². The molecule has 0 amide bonds. The van der Waals surface area contributed by atoms with E-state index in [0.29, 0.717) is 22.0 Å². The summed E-state index contributed by atoms with van der Waals surface area (Å²) in [5.41, 5.74) is 5.73. The van der Waals surface area contributed by atoms with Crippen molar-refractivity contribution in [1.29, 1.82) is 0 Å². The van der Waals surface area contributed by atoms with E-state index in [0.717, 1.165) is 0 Å². The average Bonchev–Trinajstić information content (AvgIpc) is 2.54. The fourth-order valence-electron chi connectivity index (χ4n) is 1.71. The number of hydrogen-bond donors (Lipinski definition) is 1. The molecule has 0 aliphatic carbocycles. The summed E-state index contributed by atoms with van der Waals surface area (Å²) in [5.74, 6) is 0. The van der Waals surface area contributed by atoms with Gasteiger partial charge in [0.05, 0.1) is 10.8 Å². The van der Waals surface area contributed by atoms with Gasteiger partial charge in [0.25, 0.3) is 5.43 Å². The Morgan fingerprint density at radius 3 is 2.64 bits per heavy atom. The Bertz CT molecular complexity index is 729. The summed E-state index contributed by atoms with van der Waals surface area (Å²) >= 11 is 0. The van der Waals surface area contributed by atoms with Gasteiger partial charge in [-0.2, -0.15) is 0 Å². The minimum atomic E-state index is -0.560. The van der Waals surface area contributed by atoms with Crippen LogP contribution in [-0.4, -0.2) is 0 Å². The van der Waals surface area contributed by atoms with Gasteiger partial charge < -0.3 is 10.2 Å². The number of anilines is 1. The molecule has 14 heavy (non-hydrogen) atoms. The third-order valence-electron chi connectivity index (χ3n) is 2.39. The lowest BCUT2D eigenvalue weighted by Crippen LogP contribution is -2.29. The molecule has 2 N–H and O–H groups in total. The van der Waals surface area contributed by atoms with Crippen LogP contribution >= 0.6 is 0 Å². The molecule has 1 heterocycles. The second-order valence-corrected chi connectivity index (χ2v) is 3.18. The van der Waals surface area contributed by atoms with Gasteiger partial charge in [0, 0.05) is 5.69 Å². The number of benzene rings is 1. The molecule has 4 nitrogen and oxygen atoms in total. The molecule has 0 unspecified atom stereocenters. The molecular weight excluding hydrogens is 182 g/mol. The third kappa shape index (κ3) is 0.608. The van der Waals surface area contributed by atoms with Crippen LogP contribution < -0.4 is 16.6 Å². The fourth-order valence-corrected chi connectivity index (χ4v) is 1.71. The lowest BCUT2D eigenvalue weighted by Gasteiger charge is -1.93. The Labute approximate surface area is 77.2 Å². The fraction of sp³-hybridized carbons (Fsp3) is 0. The average molecular weight is 187 g/mol. The van der Waals surface area contributed by atoms with E-state index < -0.39 is 10.9 Å². The van der Waals surface area contributed by atoms with Gasteiger partial charge in [0.2, 0.25) is 5.43 Å². The maximum absolute atomic E-state index is 11.2. The van der Waals surface area contributed by atoms with Crippen molar-refractivity contribution in [1.82, 2.24) is 0 Å². The highest BCUT2D eigenvalue weighted by atomic mass is 16.3. The highest BCUT2D eigenvalue weighted by Crippen LogP contribution is 2.29. The first-order chi connectivity index (χ1) is 6.70. The van der Waals surface area contributed by atoms with E-state index in [9.17, 15) is 9.59 Å². The summed E-state index contributed by atoms with van der Waals surface area (Å²) in [4.78, 5) is 22.3. The van der Waals surface area contributed by atoms with Crippen LogP contribution in [0.25, 0.3) is 21.9 Å². The van der Waals surface area contributed by atoms with Crippen molar-refractivity contribution >= 4 is 27.6 Å². The Morgan fingerprint density at radius 1 is 1.07 bits per heavy atom. The standard InChI is InChI=1S/C10H5NO3/c11-4-2-1-3-5-6(4)7-8(12)9(13)10(7)14-5/h1-3H,11H2. The van der Waals surface area contributed by atoms with Gasteiger partial charge in [-0.25, -0.2) is 0 Å². The molecule has 0 fully saturated rings. The minimum Gasteiger partial charge on any atom is -0.452 e. The van der Waals surface area contributed by atoms with E-state index >= 15 is 0 Å². The van der Waals surface area contributed by atoms with Crippen LogP contribution in [0.5, 0.6) is 0 Å². The predicted octanol–water partition coefficient (Wildman–Crippen LogP) is 0.764. The lowest BCUT2D eigenvalue weighted by atomic mass is 10.1. The number of rotatable bonds is 0. The summed E-state index contributed by atoms with van der Waals surface area (Å²) in [5, 5.41) is 0.898. The molecule has 2 aromatic carbocycles. The van der Waals surface area contributed by atoms with Gasteiger partial charge >= 0.3 is 0 Å². The Balaban J connectivity index is 2.75. The van der Waals surface area contributed by atoms with Crippen molar-refractivity contribution < 1.29 is 4.42 Å².